The van der Waals surface area contributed by atoms with Gasteiger partial charge >= 0.3 is 5.97 Å². The molecule has 0 aliphatic rings. The Kier molecular flexibility index (Phi) is 4.86. The maximum Gasteiger partial charge on any atom is 0.357 e. The van der Waals surface area contributed by atoms with Gasteiger partial charge in [-0.3, -0.25) is 10.1 Å². The molecule has 0 saturated carbocycles. The number of hydrogen-bond acceptors (Lipinski definition) is 6. The molecule has 0 saturated heterocycles. The van der Waals surface area contributed by atoms with Crippen LogP contribution >= 0.6 is 0 Å². The van der Waals surface area contributed by atoms with Crippen molar-refractivity contribution in [1.82, 2.24) is 15.2 Å². The monoisotopic (exact) mass is 313 g/mol. The number of carbonyl (C=O) groups is 1. The van der Waals surface area contributed by atoms with Crippen molar-refractivity contribution < 1.29 is 14.6 Å². The van der Waals surface area contributed by atoms with Crippen LogP contribution in [0.2, 0.25) is 0 Å². The fraction of sp³-hybridized carbons (Fsp3) is 0.0667. The van der Waals surface area contributed by atoms with Gasteiger partial charge in [0, 0.05) is 12.6 Å². The summed E-state index contributed by atoms with van der Waals surface area (Å²) >= 11 is 0. The smallest absolute Gasteiger partial charge is 0.357 e. The number of nitrogens with two attached hydrogens (primary N) is 2. The van der Waals surface area contributed by atoms with E-state index in [1.54, 1.807) is 48.3 Å². The van der Waals surface area contributed by atoms with Gasteiger partial charge in [0.15, 0.2) is 5.70 Å². The van der Waals surface area contributed by atoms with Crippen LogP contribution in [0.25, 0.3) is 0 Å². The lowest BCUT2D eigenvalue weighted by atomic mass is 10.2. The van der Waals surface area contributed by atoms with Crippen molar-refractivity contribution in [2.24, 2.45) is 18.6 Å². The van der Waals surface area contributed by atoms with Crippen LogP contribution in [0.1, 0.15) is 11.3 Å². The summed E-state index contributed by atoms with van der Waals surface area (Å²) in [5, 5.41) is 12.9. The molecule has 118 valence electrons. The van der Waals surface area contributed by atoms with E-state index in [2.05, 4.69) is 22.4 Å². The number of benzene rings is 1. The van der Waals surface area contributed by atoms with Gasteiger partial charge in [0.05, 0.1) is 6.20 Å². The summed E-state index contributed by atoms with van der Waals surface area (Å²) in [7, 11) is 1.79. The third-order valence-electron chi connectivity index (χ3n) is 2.82. The van der Waals surface area contributed by atoms with E-state index < -0.39 is 11.7 Å². The molecule has 8 heteroatoms. The number of aromatic nitrogens is 2. The Morgan fingerprint density at radius 3 is 2.78 bits per heavy atom. The van der Waals surface area contributed by atoms with Crippen LogP contribution in [-0.4, -0.2) is 20.9 Å². The number of carboxylic acid groups (broad SMARTS) is 1. The van der Waals surface area contributed by atoms with Crippen molar-refractivity contribution in [2.75, 3.05) is 0 Å². The first-order valence-electron chi connectivity index (χ1n) is 6.49. The molecule has 0 aliphatic carbocycles. The number of aliphatic carboxylic acids is 1. The van der Waals surface area contributed by atoms with Crippen LogP contribution in [0.4, 0.5) is 0 Å². The molecule has 0 fully saturated rings. The van der Waals surface area contributed by atoms with E-state index in [9.17, 15) is 4.79 Å². The third kappa shape index (κ3) is 4.03. The van der Waals surface area contributed by atoms with Crippen LogP contribution in [0.15, 0.2) is 48.1 Å². The Labute approximate surface area is 132 Å². The SMILES string of the molecule is Cn1nccc1C#Cc1cccc(O/C(NN)=C(/N)C(=O)O)c1. The topological polar surface area (TPSA) is 128 Å². The minimum absolute atomic E-state index is 0.255. The quantitative estimate of drug-likeness (QED) is 0.203. The Balaban J connectivity index is 2.24. The van der Waals surface area contributed by atoms with Gasteiger partial charge in [-0.1, -0.05) is 12.0 Å². The van der Waals surface area contributed by atoms with Crippen molar-refractivity contribution >= 4 is 5.97 Å². The largest absolute Gasteiger partial charge is 0.476 e. The summed E-state index contributed by atoms with van der Waals surface area (Å²) in [5.41, 5.74) is 8.39. The zero-order valence-corrected chi connectivity index (χ0v) is 12.3. The number of nitrogens with zero attached hydrogens (tertiary/aromatic N) is 2. The molecule has 8 nitrogen and oxygen atoms in total. The fourth-order valence-electron chi connectivity index (χ4n) is 1.65. The molecule has 0 spiro atoms. The highest BCUT2D eigenvalue weighted by molar-refractivity contribution is 5.85. The molecule has 0 unspecified atom stereocenters. The summed E-state index contributed by atoms with van der Waals surface area (Å²) in [6, 6.07) is 8.56. The standard InChI is InChI=1S/C15H15N5O3/c1-20-11(7-8-18-20)6-5-10-3-2-4-12(9-10)23-14(19-17)13(16)15(21)22/h2-4,7-9,19H,16-17H2,1H3,(H,21,22)/b14-13+. The van der Waals surface area contributed by atoms with E-state index in [-0.39, 0.29) is 5.88 Å². The minimum Gasteiger partial charge on any atom is -0.476 e. The summed E-state index contributed by atoms with van der Waals surface area (Å²) in [4.78, 5) is 10.8. The lowest BCUT2D eigenvalue weighted by Crippen LogP contribution is -2.31. The first-order valence-corrected chi connectivity index (χ1v) is 6.49. The van der Waals surface area contributed by atoms with E-state index >= 15 is 0 Å². The Morgan fingerprint density at radius 2 is 2.17 bits per heavy atom. The summed E-state index contributed by atoms with van der Waals surface area (Å²) < 4.78 is 6.99. The predicted molar refractivity (Wildman–Crippen MR) is 82.4 cm³/mol. The van der Waals surface area contributed by atoms with E-state index in [1.165, 1.54) is 0 Å². The zero-order valence-electron chi connectivity index (χ0n) is 12.3. The molecule has 2 aromatic rings. The predicted octanol–water partition coefficient (Wildman–Crippen LogP) is -0.126. The molecule has 6 N–H and O–H groups in total. The summed E-state index contributed by atoms with van der Waals surface area (Å²) in [6.07, 6.45) is 1.65. The highest BCUT2D eigenvalue weighted by atomic mass is 16.5. The number of ether oxygens (including phenoxy) is 1. The van der Waals surface area contributed by atoms with Crippen molar-refractivity contribution in [3.63, 3.8) is 0 Å². The number of aryl methyl sites for hydroxylation is 1. The molecule has 23 heavy (non-hydrogen) atoms. The summed E-state index contributed by atoms with van der Waals surface area (Å²) in [5.74, 6) is 9.91. The molecule has 1 aromatic heterocycles. The first kappa shape index (κ1) is 15.9. The maximum atomic E-state index is 10.8. The van der Waals surface area contributed by atoms with Gasteiger partial charge in [0.1, 0.15) is 11.4 Å². The van der Waals surface area contributed by atoms with Gasteiger partial charge in [-0.05, 0) is 30.2 Å². The van der Waals surface area contributed by atoms with Crippen molar-refractivity contribution in [3.8, 4) is 17.6 Å². The average molecular weight is 313 g/mol. The van der Waals surface area contributed by atoms with Crippen LogP contribution in [0, 0.1) is 11.8 Å². The molecule has 0 bridgehead atoms. The molecule has 0 amide bonds. The molecule has 0 aliphatic heterocycles. The van der Waals surface area contributed by atoms with Crippen molar-refractivity contribution in [3.05, 3.63) is 59.4 Å². The van der Waals surface area contributed by atoms with Gasteiger partial charge in [-0.25, -0.2) is 10.6 Å². The molecule has 0 atom stereocenters. The normalized spacial score (nSPS) is 11.0. The van der Waals surface area contributed by atoms with Gasteiger partial charge in [-0.15, -0.1) is 0 Å². The van der Waals surface area contributed by atoms with Gasteiger partial charge in [-0.2, -0.15) is 5.10 Å². The van der Waals surface area contributed by atoms with Gasteiger partial charge in [0.2, 0.25) is 5.88 Å². The van der Waals surface area contributed by atoms with Crippen LogP contribution in [0.3, 0.4) is 0 Å². The Morgan fingerprint density at radius 1 is 1.39 bits per heavy atom. The van der Waals surface area contributed by atoms with E-state index in [4.69, 9.17) is 21.4 Å². The second kappa shape index (κ2) is 7.02. The molecule has 2 rings (SSSR count). The molecule has 0 radical (unpaired) electrons. The minimum atomic E-state index is -1.34. The molecular weight excluding hydrogens is 298 g/mol. The highest BCUT2D eigenvalue weighted by Gasteiger charge is 2.12. The lowest BCUT2D eigenvalue weighted by Gasteiger charge is -2.10. The van der Waals surface area contributed by atoms with Gasteiger partial charge < -0.3 is 15.6 Å². The number of rotatable bonds is 4. The van der Waals surface area contributed by atoms with E-state index in [0.717, 1.165) is 5.69 Å². The first-order chi connectivity index (χ1) is 11.0. The highest BCUT2D eigenvalue weighted by Crippen LogP contribution is 2.15. The lowest BCUT2D eigenvalue weighted by molar-refractivity contribution is -0.132. The third-order valence-corrected chi connectivity index (χ3v) is 2.82. The Bertz CT molecular complexity index is 814. The second-order valence-corrected chi connectivity index (χ2v) is 4.41. The van der Waals surface area contributed by atoms with Gasteiger partial charge in [0.25, 0.3) is 0 Å². The number of hydrazine groups is 1. The molecule has 1 heterocycles. The summed E-state index contributed by atoms with van der Waals surface area (Å²) in [6.45, 7) is 0. The van der Waals surface area contributed by atoms with Crippen molar-refractivity contribution in [1.29, 1.82) is 0 Å². The van der Waals surface area contributed by atoms with E-state index in [1.807, 2.05) is 0 Å². The zero-order chi connectivity index (χ0) is 16.8. The van der Waals surface area contributed by atoms with Crippen LogP contribution in [-0.2, 0) is 11.8 Å². The Hall–Kier alpha value is -3.44. The average Bonchev–Trinajstić information content (AvgIpc) is 2.95. The van der Waals surface area contributed by atoms with Crippen LogP contribution in [0.5, 0.6) is 5.75 Å². The second-order valence-electron chi connectivity index (χ2n) is 4.41. The van der Waals surface area contributed by atoms with Crippen LogP contribution < -0.4 is 21.7 Å². The van der Waals surface area contributed by atoms with Crippen molar-refractivity contribution in [2.45, 2.75) is 0 Å². The molecular formula is C15H15N5O3. The number of nitrogens with one attached hydrogen (secondary N) is 1. The number of carboxylic acids is 1. The molecule has 1 aromatic carbocycles. The van der Waals surface area contributed by atoms with E-state index in [0.29, 0.717) is 11.3 Å². The fourth-order valence-corrected chi connectivity index (χ4v) is 1.65. The number of hydrogen-bond donors (Lipinski definition) is 4. The maximum absolute atomic E-state index is 10.8.